The summed E-state index contributed by atoms with van der Waals surface area (Å²) in [4.78, 5) is 50.7. The van der Waals surface area contributed by atoms with Gasteiger partial charge in [-0.15, -0.1) is 0 Å². The molecule has 0 radical (unpaired) electrons. The molecule has 12 heteroatoms. The highest BCUT2D eigenvalue weighted by atomic mass is 16.6. The molecule has 0 bridgehead atoms. The lowest BCUT2D eigenvalue weighted by Crippen LogP contribution is -2.53. The van der Waals surface area contributed by atoms with Crippen LogP contribution < -0.4 is 10.6 Å². The number of aromatic nitrogens is 4. The fraction of sp³-hybridized carbons (Fsp3) is 0.462. The molecule has 2 aliphatic rings. The van der Waals surface area contributed by atoms with E-state index in [1.807, 2.05) is 38.8 Å². The molecule has 2 aromatic carbocycles. The van der Waals surface area contributed by atoms with E-state index in [1.54, 1.807) is 11.1 Å². The van der Waals surface area contributed by atoms with Gasteiger partial charge in [0.15, 0.2) is 5.96 Å². The average molecular weight is 694 g/mol. The van der Waals surface area contributed by atoms with Crippen LogP contribution in [-0.4, -0.2) is 85.5 Å². The molecular weight excluding hydrogens is 642 g/mol. The van der Waals surface area contributed by atoms with E-state index < -0.39 is 5.60 Å². The lowest BCUT2D eigenvalue weighted by atomic mass is 10.0. The number of amides is 2. The Morgan fingerprint density at radius 3 is 2.18 bits per heavy atom. The van der Waals surface area contributed by atoms with Crippen molar-refractivity contribution in [3.05, 3.63) is 72.6 Å². The Hall–Kier alpha value is -5.13. The number of aliphatic imine (C=N–C) groups is 1. The number of carbonyl (C=O) groups excluding carboxylic acids is 2. The summed E-state index contributed by atoms with van der Waals surface area (Å²) in [6.07, 6.45) is 5.98. The number of hydrogen-bond donors (Lipinski definition) is 4. The van der Waals surface area contributed by atoms with Crippen molar-refractivity contribution >= 4 is 18.0 Å². The van der Waals surface area contributed by atoms with Gasteiger partial charge in [0, 0.05) is 19.6 Å². The van der Waals surface area contributed by atoms with Crippen molar-refractivity contribution in [1.82, 2.24) is 40.4 Å². The number of ether oxygens (including phenoxy) is 1. The fourth-order valence-corrected chi connectivity index (χ4v) is 6.59. The summed E-state index contributed by atoms with van der Waals surface area (Å²) in [5, 5.41) is 6.57. The van der Waals surface area contributed by atoms with Gasteiger partial charge in [-0.25, -0.2) is 14.8 Å². The zero-order valence-electron chi connectivity index (χ0n) is 30.6. The summed E-state index contributed by atoms with van der Waals surface area (Å²) in [6, 6.07) is 16.3. The lowest BCUT2D eigenvalue weighted by Gasteiger charge is -2.30. The maximum Gasteiger partial charge on any atom is 0.410 e. The predicted octanol–water partition coefficient (Wildman–Crippen LogP) is 6.52. The van der Waals surface area contributed by atoms with Gasteiger partial charge >= 0.3 is 6.09 Å². The van der Waals surface area contributed by atoms with Crippen molar-refractivity contribution in [2.75, 3.05) is 26.2 Å². The van der Waals surface area contributed by atoms with Crippen molar-refractivity contribution in [2.45, 2.75) is 85.0 Å². The van der Waals surface area contributed by atoms with Gasteiger partial charge in [0.25, 0.3) is 0 Å². The third-order valence-electron chi connectivity index (χ3n) is 9.19. The Labute approximate surface area is 300 Å². The van der Waals surface area contributed by atoms with E-state index in [9.17, 15) is 9.59 Å². The van der Waals surface area contributed by atoms with E-state index >= 15 is 0 Å². The molecule has 2 atom stereocenters. The molecule has 0 aliphatic carbocycles. The summed E-state index contributed by atoms with van der Waals surface area (Å²) >= 11 is 0. The summed E-state index contributed by atoms with van der Waals surface area (Å²) in [5.41, 5.74) is 5.50. The Balaban J connectivity index is 1.09. The van der Waals surface area contributed by atoms with Crippen LogP contribution in [0, 0.1) is 5.92 Å². The molecule has 4 N–H and O–H groups in total. The van der Waals surface area contributed by atoms with Gasteiger partial charge in [-0.05, 0) is 68.2 Å². The number of benzene rings is 2. The molecule has 6 rings (SSSR count). The zero-order chi connectivity index (χ0) is 36.1. The highest BCUT2D eigenvalue weighted by Crippen LogP contribution is 2.33. The molecule has 1 saturated heterocycles. The van der Waals surface area contributed by atoms with E-state index in [1.165, 1.54) is 0 Å². The largest absolute Gasteiger partial charge is 0.444 e. The van der Waals surface area contributed by atoms with Crippen LogP contribution in [-0.2, 0) is 16.1 Å². The number of likely N-dealkylation sites (tertiary alicyclic amines) is 1. The Bertz CT molecular complexity index is 1820. The Morgan fingerprint density at radius 1 is 0.961 bits per heavy atom. The smallest absolute Gasteiger partial charge is 0.410 e. The molecular formula is C39H51N9O3. The molecule has 4 heterocycles. The zero-order valence-corrected chi connectivity index (χ0v) is 30.6. The number of imidazole rings is 2. The number of guanidine groups is 1. The summed E-state index contributed by atoms with van der Waals surface area (Å²) in [7, 11) is 0. The number of H-pyrrole nitrogens is 2. The normalized spacial score (nSPS) is 16.6. The molecule has 2 amide bonds. The molecule has 12 nitrogen and oxygen atoms in total. The first-order valence-corrected chi connectivity index (χ1v) is 18.1. The third kappa shape index (κ3) is 8.61. The highest BCUT2D eigenvalue weighted by Gasteiger charge is 2.37. The monoisotopic (exact) mass is 693 g/mol. The Kier molecular flexibility index (Phi) is 10.8. The first-order valence-electron chi connectivity index (χ1n) is 18.1. The van der Waals surface area contributed by atoms with Crippen LogP contribution in [0.2, 0.25) is 0 Å². The molecule has 0 saturated carbocycles. The molecule has 2 aromatic heterocycles. The van der Waals surface area contributed by atoms with Crippen LogP contribution in [0.3, 0.4) is 0 Å². The minimum atomic E-state index is -0.554. The molecule has 2 aliphatic heterocycles. The maximum atomic E-state index is 13.7. The fourth-order valence-electron chi connectivity index (χ4n) is 6.59. The van der Waals surface area contributed by atoms with Crippen molar-refractivity contribution < 1.29 is 14.3 Å². The second kappa shape index (κ2) is 15.4. The van der Waals surface area contributed by atoms with E-state index in [4.69, 9.17) is 9.72 Å². The van der Waals surface area contributed by atoms with Gasteiger partial charge in [0.05, 0.1) is 42.9 Å². The van der Waals surface area contributed by atoms with Crippen LogP contribution in [0.5, 0.6) is 0 Å². The third-order valence-corrected chi connectivity index (χ3v) is 9.19. The standard InChI is InChI=1S/C39H51N9O3/c1-7-20-47(38(50)51-39(4,5)6)24-33-42-22-30(44-33)28-14-10-26(11-15-28)27-12-16-29(17-13-27)31-23-43-35(45-31)32-9-8-21-48(32)36(49)34(25(2)3)46-37-40-18-19-41-37/h10-17,22-23,25,32,34H,7-9,18-21,24H2,1-6H3,(H,42,44)(H,43,45)(H2,40,41,46)/t32-,34-/m0/s1. The van der Waals surface area contributed by atoms with Crippen LogP contribution in [0.4, 0.5) is 4.79 Å². The molecule has 0 spiro atoms. The van der Waals surface area contributed by atoms with Gasteiger partial charge in [0.1, 0.15) is 23.3 Å². The first-order chi connectivity index (χ1) is 24.5. The number of aromatic amines is 2. The lowest BCUT2D eigenvalue weighted by molar-refractivity contribution is -0.135. The van der Waals surface area contributed by atoms with Gasteiger partial charge < -0.3 is 35.1 Å². The van der Waals surface area contributed by atoms with Crippen LogP contribution in [0.25, 0.3) is 33.6 Å². The van der Waals surface area contributed by atoms with Crippen molar-refractivity contribution in [3.8, 4) is 33.6 Å². The highest BCUT2D eigenvalue weighted by molar-refractivity contribution is 5.90. The molecule has 4 aromatic rings. The van der Waals surface area contributed by atoms with Crippen LogP contribution in [0.1, 0.15) is 78.5 Å². The van der Waals surface area contributed by atoms with E-state index in [-0.39, 0.29) is 30.0 Å². The van der Waals surface area contributed by atoms with Gasteiger partial charge in [0.2, 0.25) is 5.91 Å². The second-order valence-electron chi connectivity index (χ2n) is 14.7. The molecule has 270 valence electrons. The number of carbonyl (C=O) groups is 2. The van der Waals surface area contributed by atoms with Crippen LogP contribution in [0.15, 0.2) is 65.9 Å². The van der Waals surface area contributed by atoms with Crippen LogP contribution >= 0.6 is 0 Å². The molecule has 1 fully saturated rings. The van der Waals surface area contributed by atoms with Gasteiger partial charge in [-0.3, -0.25) is 9.79 Å². The van der Waals surface area contributed by atoms with Gasteiger partial charge in [-0.1, -0.05) is 69.3 Å². The van der Waals surface area contributed by atoms with Crippen molar-refractivity contribution in [1.29, 1.82) is 0 Å². The number of nitrogens with zero attached hydrogens (tertiary/aromatic N) is 5. The minimum Gasteiger partial charge on any atom is -0.444 e. The quantitative estimate of drug-likeness (QED) is 0.140. The average Bonchev–Trinajstić information content (AvgIpc) is 3.94. The summed E-state index contributed by atoms with van der Waals surface area (Å²) in [6.45, 7) is 14.9. The topological polar surface area (TPSA) is 144 Å². The number of rotatable bonds is 11. The van der Waals surface area contributed by atoms with Crippen molar-refractivity contribution in [2.24, 2.45) is 10.9 Å². The maximum absolute atomic E-state index is 13.7. The summed E-state index contributed by atoms with van der Waals surface area (Å²) in [5.74, 6) is 2.43. The van der Waals surface area contributed by atoms with E-state index in [0.717, 1.165) is 71.8 Å². The predicted molar refractivity (Wildman–Crippen MR) is 200 cm³/mol. The number of nitrogens with one attached hydrogen (secondary N) is 4. The first kappa shape index (κ1) is 35.7. The van der Waals surface area contributed by atoms with E-state index in [0.29, 0.717) is 31.4 Å². The van der Waals surface area contributed by atoms with E-state index in [2.05, 4.69) is 93.0 Å². The number of hydrogen-bond acceptors (Lipinski definition) is 8. The minimum absolute atomic E-state index is 0.0852. The SMILES string of the molecule is CCCN(Cc1ncc(-c2ccc(-c3ccc(-c4cnc([C@@H]5CCCN5C(=O)[C@@H](NC5=NCCN5)C(C)C)[nH]4)cc3)cc2)[nH]1)C(=O)OC(C)(C)C. The van der Waals surface area contributed by atoms with Gasteiger partial charge in [-0.2, -0.15) is 0 Å². The summed E-state index contributed by atoms with van der Waals surface area (Å²) < 4.78 is 5.59. The molecule has 0 unspecified atom stereocenters. The second-order valence-corrected chi connectivity index (χ2v) is 14.7. The Morgan fingerprint density at radius 2 is 1.59 bits per heavy atom. The molecule has 51 heavy (non-hydrogen) atoms. The van der Waals surface area contributed by atoms with Crippen molar-refractivity contribution in [3.63, 3.8) is 0 Å².